The van der Waals surface area contributed by atoms with Crippen molar-refractivity contribution >= 4 is 11.8 Å². The number of thioether (sulfide) groups is 1. The van der Waals surface area contributed by atoms with E-state index in [0.29, 0.717) is 39.9 Å². The van der Waals surface area contributed by atoms with Crippen molar-refractivity contribution in [1.29, 1.82) is 0 Å². The highest BCUT2D eigenvalue weighted by Crippen LogP contribution is 2.47. The van der Waals surface area contributed by atoms with Gasteiger partial charge >= 0.3 is 12.1 Å². The van der Waals surface area contributed by atoms with Crippen molar-refractivity contribution in [3.8, 4) is 11.1 Å². The van der Waals surface area contributed by atoms with Crippen LogP contribution in [-0.2, 0) is 18.1 Å². The third-order valence-electron chi connectivity index (χ3n) is 5.35. The van der Waals surface area contributed by atoms with Gasteiger partial charge in [-0.1, -0.05) is 18.2 Å². The first-order chi connectivity index (χ1) is 17.4. The Labute approximate surface area is 209 Å². The molecule has 0 aliphatic carbocycles. The number of halogens is 7. The number of rotatable bonds is 8. The van der Waals surface area contributed by atoms with E-state index in [-0.39, 0.29) is 0 Å². The predicted molar refractivity (Wildman–Crippen MR) is 118 cm³/mol. The molecule has 194 valence electrons. The van der Waals surface area contributed by atoms with Crippen LogP contribution in [0.2, 0.25) is 0 Å². The third kappa shape index (κ3) is 5.74. The van der Waals surface area contributed by atoms with Crippen LogP contribution in [-0.4, -0.2) is 42.2 Å². The third-order valence-corrected chi connectivity index (χ3v) is 6.43. The molecule has 37 heavy (non-hydrogen) atoms. The summed E-state index contributed by atoms with van der Waals surface area (Å²) in [5, 5.41) is 21.3. The van der Waals surface area contributed by atoms with Crippen LogP contribution in [0.25, 0.3) is 11.1 Å². The van der Waals surface area contributed by atoms with Gasteiger partial charge in [-0.15, -0.1) is 16.9 Å². The number of alkyl halides is 5. The minimum Gasteiger partial charge on any atom is -0.377 e. The average Bonchev–Trinajstić information content (AvgIpc) is 3.35. The van der Waals surface area contributed by atoms with E-state index in [1.807, 2.05) is 0 Å². The SMILES string of the molecule is OC(Cn1cnnn1)(c1ccc(F)cc1F)C(F)(F)c1ccc(-c2ccc(SCC(F)(F)F)cc2)cn1. The zero-order valence-electron chi connectivity index (χ0n) is 18.5. The van der Waals surface area contributed by atoms with Crippen LogP contribution in [0, 0.1) is 11.6 Å². The van der Waals surface area contributed by atoms with Gasteiger partial charge in [0.2, 0.25) is 0 Å². The van der Waals surface area contributed by atoms with Crippen molar-refractivity contribution in [2.24, 2.45) is 0 Å². The van der Waals surface area contributed by atoms with Crippen molar-refractivity contribution in [3.05, 3.63) is 90.0 Å². The van der Waals surface area contributed by atoms with Crippen LogP contribution in [0.3, 0.4) is 0 Å². The number of tetrazole rings is 1. The van der Waals surface area contributed by atoms with Crippen LogP contribution in [0.4, 0.5) is 30.7 Å². The smallest absolute Gasteiger partial charge is 0.377 e. The first-order valence-corrected chi connectivity index (χ1v) is 11.4. The average molecular weight is 543 g/mol. The molecule has 1 atom stereocenters. The Bertz CT molecular complexity index is 1350. The maximum Gasteiger partial charge on any atom is 0.398 e. The molecule has 0 aliphatic heterocycles. The lowest BCUT2D eigenvalue weighted by atomic mass is 9.84. The Morgan fingerprint density at radius 2 is 1.59 bits per heavy atom. The molecule has 4 rings (SSSR count). The highest BCUT2D eigenvalue weighted by Gasteiger charge is 2.58. The molecule has 1 N–H and O–H groups in total. The number of aromatic nitrogens is 5. The molecule has 0 bridgehead atoms. The van der Waals surface area contributed by atoms with Crippen LogP contribution in [0.15, 0.2) is 72.0 Å². The lowest BCUT2D eigenvalue weighted by molar-refractivity contribution is -0.207. The van der Waals surface area contributed by atoms with Crippen LogP contribution in [0.1, 0.15) is 11.3 Å². The summed E-state index contributed by atoms with van der Waals surface area (Å²) in [5.41, 5.74) is -4.23. The molecule has 2 aromatic heterocycles. The van der Waals surface area contributed by atoms with Gasteiger partial charge in [-0.3, -0.25) is 4.98 Å². The summed E-state index contributed by atoms with van der Waals surface area (Å²) in [6, 6.07) is 9.92. The lowest BCUT2D eigenvalue weighted by Crippen LogP contribution is -2.48. The van der Waals surface area contributed by atoms with E-state index in [9.17, 15) is 27.1 Å². The molecule has 4 aromatic rings. The van der Waals surface area contributed by atoms with Gasteiger partial charge in [0.1, 0.15) is 23.7 Å². The monoisotopic (exact) mass is 543 g/mol. The van der Waals surface area contributed by atoms with Gasteiger partial charge in [-0.2, -0.15) is 22.0 Å². The fourth-order valence-electron chi connectivity index (χ4n) is 3.54. The summed E-state index contributed by atoms with van der Waals surface area (Å²) < 4.78 is 97.6. The van der Waals surface area contributed by atoms with Gasteiger partial charge in [-0.05, 0) is 46.3 Å². The second kappa shape index (κ2) is 10.1. The fourth-order valence-corrected chi connectivity index (χ4v) is 4.20. The van der Waals surface area contributed by atoms with Gasteiger partial charge in [0, 0.05) is 28.3 Å². The van der Waals surface area contributed by atoms with Crippen molar-refractivity contribution in [3.63, 3.8) is 0 Å². The highest BCUT2D eigenvalue weighted by molar-refractivity contribution is 7.99. The quantitative estimate of drug-likeness (QED) is 0.239. The van der Waals surface area contributed by atoms with E-state index in [4.69, 9.17) is 0 Å². The van der Waals surface area contributed by atoms with E-state index < -0.39 is 52.9 Å². The molecule has 1 unspecified atom stereocenters. The standard InChI is InChI=1S/C23H16F7N5OS/c24-16-4-7-18(19(25)9-16)21(36,11-35-13-32-33-34-35)23(29,30)20-8-3-15(10-31-20)14-1-5-17(6-2-14)37-12-22(26,27)28/h1-10,13,36H,11-12H2. The Balaban J connectivity index is 1.64. The van der Waals surface area contributed by atoms with Crippen molar-refractivity contribution < 1.29 is 35.8 Å². The summed E-state index contributed by atoms with van der Waals surface area (Å²) in [7, 11) is 0. The van der Waals surface area contributed by atoms with Crippen LogP contribution >= 0.6 is 11.8 Å². The number of aliphatic hydroxyl groups is 1. The summed E-state index contributed by atoms with van der Waals surface area (Å²) in [4.78, 5) is 4.13. The molecule has 0 fully saturated rings. The Morgan fingerprint density at radius 3 is 2.16 bits per heavy atom. The van der Waals surface area contributed by atoms with Gasteiger partial charge in [-0.25, -0.2) is 13.5 Å². The van der Waals surface area contributed by atoms with Crippen molar-refractivity contribution in [2.45, 2.75) is 29.1 Å². The maximum atomic E-state index is 15.8. The van der Waals surface area contributed by atoms with Crippen molar-refractivity contribution in [1.82, 2.24) is 25.2 Å². The predicted octanol–water partition coefficient (Wildman–Crippen LogP) is 5.35. The number of nitrogens with zero attached hydrogens (tertiary/aromatic N) is 5. The molecule has 2 heterocycles. The van der Waals surface area contributed by atoms with Crippen LogP contribution in [0.5, 0.6) is 0 Å². The number of pyridine rings is 1. The second-order valence-electron chi connectivity index (χ2n) is 7.93. The fraction of sp³-hybridized carbons (Fsp3) is 0.217. The topological polar surface area (TPSA) is 76.7 Å². The van der Waals surface area contributed by atoms with E-state index in [1.165, 1.54) is 30.3 Å². The lowest BCUT2D eigenvalue weighted by Gasteiger charge is -2.35. The van der Waals surface area contributed by atoms with E-state index in [2.05, 4.69) is 20.5 Å². The van der Waals surface area contributed by atoms with Gasteiger partial charge in [0.15, 0.2) is 5.60 Å². The molecule has 0 saturated heterocycles. The summed E-state index contributed by atoms with van der Waals surface area (Å²) in [6.07, 6.45) is -2.30. The minimum atomic E-state index is -4.32. The van der Waals surface area contributed by atoms with Gasteiger partial charge in [0.25, 0.3) is 0 Å². The molecule has 14 heteroatoms. The highest BCUT2D eigenvalue weighted by atomic mass is 32.2. The molecule has 0 saturated carbocycles. The molecule has 6 nitrogen and oxygen atoms in total. The minimum absolute atomic E-state index is 0.364. The normalized spacial score (nSPS) is 13.9. The molecule has 0 radical (unpaired) electrons. The largest absolute Gasteiger partial charge is 0.398 e. The number of hydrogen-bond acceptors (Lipinski definition) is 6. The summed E-state index contributed by atoms with van der Waals surface area (Å²) in [6.45, 7) is -0.990. The molecule has 0 amide bonds. The van der Waals surface area contributed by atoms with Gasteiger partial charge in [0.05, 0.1) is 12.3 Å². The number of benzene rings is 2. The Morgan fingerprint density at radius 1 is 0.892 bits per heavy atom. The molecule has 2 aromatic carbocycles. The molecular weight excluding hydrogens is 527 g/mol. The van der Waals surface area contributed by atoms with E-state index in [0.717, 1.165) is 29.3 Å². The second-order valence-corrected chi connectivity index (χ2v) is 8.98. The summed E-state index contributed by atoms with van der Waals surface area (Å²) >= 11 is 0.603. The molecule has 0 spiro atoms. The zero-order chi connectivity index (χ0) is 26.8. The molecule has 0 aliphatic rings. The first kappa shape index (κ1) is 26.5. The van der Waals surface area contributed by atoms with Gasteiger partial charge < -0.3 is 5.11 Å². The van der Waals surface area contributed by atoms with E-state index >= 15 is 8.78 Å². The number of hydrogen-bond donors (Lipinski definition) is 1. The zero-order valence-corrected chi connectivity index (χ0v) is 19.3. The molecular formula is C23H16F7N5OS. The Hall–Kier alpha value is -3.52. The summed E-state index contributed by atoms with van der Waals surface area (Å²) in [5.74, 6) is -7.70. The first-order valence-electron chi connectivity index (χ1n) is 10.4. The van der Waals surface area contributed by atoms with E-state index in [1.54, 1.807) is 0 Å². The Kier molecular flexibility index (Phi) is 7.24. The van der Waals surface area contributed by atoms with Crippen LogP contribution < -0.4 is 0 Å². The maximum absolute atomic E-state index is 15.8. The van der Waals surface area contributed by atoms with Crippen molar-refractivity contribution in [2.75, 3.05) is 5.75 Å².